The van der Waals surface area contributed by atoms with Crippen LogP contribution in [0.1, 0.15) is 52.4 Å². The van der Waals surface area contributed by atoms with Crippen LogP contribution in [-0.4, -0.2) is 29.9 Å². The number of benzene rings is 2. The van der Waals surface area contributed by atoms with Gasteiger partial charge in [-0.15, -0.1) is 0 Å². The van der Waals surface area contributed by atoms with E-state index < -0.39 is 0 Å². The number of urea groups is 1. The molecular weight excluding hydrogens is 338 g/mol. The lowest BCUT2D eigenvalue weighted by molar-refractivity contribution is 0.0963. The van der Waals surface area contributed by atoms with Gasteiger partial charge in [0.25, 0.3) is 5.91 Å². The summed E-state index contributed by atoms with van der Waals surface area (Å²) in [6.45, 7) is 0.568. The molecule has 3 amide bonds. The second kappa shape index (κ2) is 7.43. The summed E-state index contributed by atoms with van der Waals surface area (Å²) >= 11 is 0. The van der Waals surface area contributed by atoms with Crippen LogP contribution in [0.25, 0.3) is 0 Å². The van der Waals surface area contributed by atoms with Crippen molar-refractivity contribution in [1.29, 1.82) is 0 Å². The minimum absolute atomic E-state index is 0.00887. The van der Waals surface area contributed by atoms with Crippen LogP contribution < -0.4 is 10.6 Å². The van der Waals surface area contributed by atoms with E-state index in [4.69, 9.17) is 0 Å². The van der Waals surface area contributed by atoms with Gasteiger partial charge in [0, 0.05) is 25.2 Å². The van der Waals surface area contributed by atoms with Crippen molar-refractivity contribution in [3.05, 3.63) is 70.8 Å². The first-order chi connectivity index (χ1) is 13.2. The first kappa shape index (κ1) is 17.6. The smallest absolute Gasteiger partial charge is 0.318 e. The van der Waals surface area contributed by atoms with Crippen molar-refractivity contribution in [2.24, 2.45) is 0 Å². The molecule has 4 rings (SSSR count). The molecule has 0 unspecified atom stereocenters. The Hall–Kier alpha value is -2.82. The number of hydrogen-bond donors (Lipinski definition) is 2. The molecule has 1 saturated carbocycles. The summed E-state index contributed by atoms with van der Waals surface area (Å²) in [4.78, 5) is 26.6. The molecule has 2 aliphatic rings. The Morgan fingerprint density at radius 2 is 1.78 bits per heavy atom. The fourth-order valence-corrected chi connectivity index (χ4v) is 3.79. The SMILES string of the molecule is CNC(=O)c1ccc(CN(C(=O)N[C@H]2CCc3ccccc32)C2CC2)cc1. The second-order valence-electron chi connectivity index (χ2n) is 7.37. The molecule has 5 nitrogen and oxygen atoms in total. The van der Waals surface area contributed by atoms with E-state index in [0.29, 0.717) is 18.2 Å². The summed E-state index contributed by atoms with van der Waals surface area (Å²) in [6.07, 6.45) is 4.10. The zero-order valence-corrected chi connectivity index (χ0v) is 15.6. The van der Waals surface area contributed by atoms with Gasteiger partial charge in [-0.2, -0.15) is 0 Å². The molecule has 0 spiro atoms. The average Bonchev–Trinajstić information content (AvgIpc) is 3.47. The van der Waals surface area contributed by atoms with Crippen molar-refractivity contribution >= 4 is 11.9 Å². The zero-order chi connectivity index (χ0) is 18.8. The molecule has 1 fully saturated rings. The Balaban J connectivity index is 1.44. The summed E-state index contributed by atoms with van der Waals surface area (Å²) in [5, 5.41) is 5.86. The molecule has 0 saturated heterocycles. The van der Waals surface area contributed by atoms with Gasteiger partial charge in [0.15, 0.2) is 0 Å². The van der Waals surface area contributed by atoms with Gasteiger partial charge in [-0.3, -0.25) is 4.79 Å². The highest BCUT2D eigenvalue weighted by atomic mass is 16.2. The number of hydrogen-bond acceptors (Lipinski definition) is 2. The lowest BCUT2D eigenvalue weighted by atomic mass is 10.1. The summed E-state index contributed by atoms with van der Waals surface area (Å²) < 4.78 is 0. The van der Waals surface area contributed by atoms with E-state index >= 15 is 0 Å². The van der Waals surface area contributed by atoms with E-state index in [1.165, 1.54) is 11.1 Å². The quantitative estimate of drug-likeness (QED) is 0.855. The number of rotatable bonds is 5. The maximum atomic E-state index is 13.0. The van der Waals surface area contributed by atoms with E-state index in [2.05, 4.69) is 28.8 Å². The number of nitrogens with one attached hydrogen (secondary N) is 2. The normalized spacial score (nSPS) is 17.9. The van der Waals surface area contributed by atoms with Gasteiger partial charge >= 0.3 is 6.03 Å². The third-order valence-corrected chi connectivity index (χ3v) is 5.48. The molecule has 0 heterocycles. The molecule has 27 heavy (non-hydrogen) atoms. The highest BCUT2D eigenvalue weighted by molar-refractivity contribution is 5.93. The van der Waals surface area contributed by atoms with Crippen molar-refractivity contribution in [3.63, 3.8) is 0 Å². The highest BCUT2D eigenvalue weighted by Crippen LogP contribution is 2.33. The Labute approximate surface area is 159 Å². The van der Waals surface area contributed by atoms with Gasteiger partial charge in [-0.1, -0.05) is 36.4 Å². The Kier molecular flexibility index (Phi) is 4.84. The van der Waals surface area contributed by atoms with Crippen LogP contribution in [0.2, 0.25) is 0 Å². The molecule has 1 atom stereocenters. The molecule has 140 valence electrons. The molecular formula is C22H25N3O2. The largest absolute Gasteiger partial charge is 0.355 e. The number of aryl methyl sites for hydroxylation is 1. The topological polar surface area (TPSA) is 61.4 Å². The number of amides is 3. The van der Waals surface area contributed by atoms with Gasteiger partial charge in [0.05, 0.1) is 6.04 Å². The number of nitrogens with zero attached hydrogens (tertiary/aromatic N) is 1. The fourth-order valence-electron chi connectivity index (χ4n) is 3.79. The third-order valence-electron chi connectivity index (χ3n) is 5.48. The van der Waals surface area contributed by atoms with E-state index in [1.807, 2.05) is 35.2 Å². The van der Waals surface area contributed by atoms with Crippen LogP contribution in [0.4, 0.5) is 4.79 Å². The third kappa shape index (κ3) is 3.82. The maximum absolute atomic E-state index is 13.0. The molecule has 0 aromatic heterocycles. The second-order valence-corrected chi connectivity index (χ2v) is 7.37. The van der Waals surface area contributed by atoms with Crippen molar-refractivity contribution in [2.45, 2.75) is 44.3 Å². The van der Waals surface area contributed by atoms with E-state index in [1.54, 1.807) is 7.05 Å². The van der Waals surface area contributed by atoms with Crippen LogP contribution in [0, 0.1) is 0 Å². The Morgan fingerprint density at radius 1 is 1.04 bits per heavy atom. The molecule has 0 bridgehead atoms. The van der Waals surface area contributed by atoms with Crippen molar-refractivity contribution < 1.29 is 9.59 Å². The Bertz CT molecular complexity index is 843. The van der Waals surface area contributed by atoms with E-state index in [9.17, 15) is 9.59 Å². The van der Waals surface area contributed by atoms with Gasteiger partial charge in [-0.25, -0.2) is 4.79 Å². The molecule has 2 aliphatic carbocycles. The monoisotopic (exact) mass is 363 g/mol. The average molecular weight is 363 g/mol. The van der Waals surface area contributed by atoms with Crippen molar-refractivity contribution in [1.82, 2.24) is 15.5 Å². The summed E-state index contributed by atoms with van der Waals surface area (Å²) in [6, 6.07) is 16.3. The zero-order valence-electron chi connectivity index (χ0n) is 15.6. The van der Waals surface area contributed by atoms with Crippen LogP contribution in [0.3, 0.4) is 0 Å². The minimum Gasteiger partial charge on any atom is -0.355 e. The standard InChI is InChI=1S/C22H25N3O2/c1-23-21(26)17-8-6-15(7-9-17)14-25(18-11-12-18)22(27)24-20-13-10-16-4-2-3-5-19(16)20/h2-9,18,20H,10-14H2,1H3,(H,23,26)(H,24,27)/t20-/m0/s1. The number of carbonyl (C=O) groups is 2. The maximum Gasteiger partial charge on any atom is 0.318 e. The molecule has 2 aromatic rings. The Morgan fingerprint density at radius 3 is 2.48 bits per heavy atom. The predicted octanol–water partition coefficient (Wildman–Crippen LogP) is 3.41. The van der Waals surface area contributed by atoms with Crippen LogP contribution in [0.15, 0.2) is 48.5 Å². The first-order valence-electron chi connectivity index (χ1n) is 9.61. The van der Waals surface area contributed by atoms with Crippen LogP contribution in [0.5, 0.6) is 0 Å². The van der Waals surface area contributed by atoms with E-state index in [0.717, 1.165) is 31.2 Å². The predicted molar refractivity (Wildman–Crippen MR) is 104 cm³/mol. The van der Waals surface area contributed by atoms with Gasteiger partial charge in [0.2, 0.25) is 0 Å². The summed E-state index contributed by atoms with van der Waals surface area (Å²) in [7, 11) is 1.62. The first-order valence-corrected chi connectivity index (χ1v) is 9.61. The van der Waals surface area contributed by atoms with Crippen LogP contribution in [-0.2, 0) is 13.0 Å². The number of carbonyl (C=O) groups excluding carboxylic acids is 2. The van der Waals surface area contributed by atoms with Gasteiger partial charge < -0.3 is 15.5 Å². The lowest BCUT2D eigenvalue weighted by Crippen LogP contribution is -2.42. The fraction of sp³-hybridized carbons (Fsp3) is 0.364. The summed E-state index contributed by atoms with van der Waals surface area (Å²) in [5.41, 5.74) is 4.25. The summed E-state index contributed by atoms with van der Waals surface area (Å²) in [5.74, 6) is -0.0989. The molecule has 2 aromatic carbocycles. The molecule has 5 heteroatoms. The number of fused-ring (bicyclic) bond motifs is 1. The van der Waals surface area contributed by atoms with Gasteiger partial charge in [-0.05, 0) is 54.5 Å². The van der Waals surface area contributed by atoms with Gasteiger partial charge in [0.1, 0.15) is 0 Å². The highest BCUT2D eigenvalue weighted by Gasteiger charge is 2.34. The molecule has 0 aliphatic heterocycles. The minimum atomic E-state index is -0.0989. The van der Waals surface area contributed by atoms with E-state index in [-0.39, 0.29) is 18.0 Å². The van der Waals surface area contributed by atoms with Crippen molar-refractivity contribution in [2.75, 3.05) is 7.05 Å². The lowest BCUT2D eigenvalue weighted by Gasteiger charge is -2.25. The van der Waals surface area contributed by atoms with Crippen LogP contribution >= 0.6 is 0 Å². The van der Waals surface area contributed by atoms with Crippen molar-refractivity contribution in [3.8, 4) is 0 Å². The molecule has 2 N–H and O–H groups in total. The molecule has 0 radical (unpaired) electrons.